The molecule has 4 aromatic rings. The molecule has 0 bridgehead atoms. The van der Waals surface area contributed by atoms with Gasteiger partial charge >= 0.3 is 5.69 Å². The molecule has 0 spiro atoms. The fraction of sp³-hybridized carbons (Fsp3) is 0.250. The highest BCUT2D eigenvalue weighted by Gasteiger charge is 2.24. The van der Waals surface area contributed by atoms with E-state index in [0.717, 1.165) is 19.3 Å². The van der Waals surface area contributed by atoms with Gasteiger partial charge in [0.2, 0.25) is 5.91 Å². The fourth-order valence-electron chi connectivity index (χ4n) is 4.83. The van der Waals surface area contributed by atoms with Gasteiger partial charge in [0.25, 0.3) is 0 Å². The number of halogens is 2. The minimum Gasteiger partial charge on any atom is -0.341 e. The van der Waals surface area contributed by atoms with Gasteiger partial charge in [0.15, 0.2) is 0 Å². The van der Waals surface area contributed by atoms with E-state index in [1.807, 2.05) is 11.0 Å². The van der Waals surface area contributed by atoms with Crippen LogP contribution in [0.2, 0.25) is 5.02 Å². The van der Waals surface area contributed by atoms with Gasteiger partial charge in [-0.3, -0.25) is 9.36 Å². The quantitative estimate of drug-likeness (QED) is 0.380. The summed E-state index contributed by atoms with van der Waals surface area (Å²) in [5.74, 6) is -0.0660. The maximum absolute atomic E-state index is 14.5. The molecular formula is C28H25ClFN3O2. The van der Waals surface area contributed by atoms with Crippen LogP contribution in [0.3, 0.4) is 0 Å². The van der Waals surface area contributed by atoms with Gasteiger partial charge in [0, 0.05) is 29.1 Å². The molecule has 0 radical (unpaired) electrons. The highest BCUT2D eigenvalue weighted by atomic mass is 35.5. The second-order valence-corrected chi connectivity index (χ2v) is 9.42. The minimum atomic E-state index is -0.592. The lowest BCUT2D eigenvalue weighted by atomic mass is 9.90. The van der Waals surface area contributed by atoms with Crippen LogP contribution in [0.15, 0.2) is 77.6 Å². The number of hydrogen-bond acceptors (Lipinski definition) is 3. The Hall–Kier alpha value is -3.51. The number of benzene rings is 3. The van der Waals surface area contributed by atoms with Crippen molar-refractivity contribution in [3.8, 4) is 11.3 Å². The molecule has 1 fully saturated rings. The second-order valence-electron chi connectivity index (χ2n) is 8.98. The summed E-state index contributed by atoms with van der Waals surface area (Å²) in [6, 6.07) is 21.6. The molecule has 5 nitrogen and oxygen atoms in total. The zero-order valence-electron chi connectivity index (χ0n) is 19.2. The summed E-state index contributed by atoms with van der Waals surface area (Å²) in [5, 5.41) is 0.963. The number of nitrogens with zero attached hydrogens (tertiary/aromatic N) is 3. The molecule has 0 unspecified atom stereocenters. The third kappa shape index (κ3) is 4.98. The average molecular weight is 490 g/mol. The maximum atomic E-state index is 14.5. The van der Waals surface area contributed by atoms with Crippen molar-refractivity contribution >= 4 is 28.4 Å². The van der Waals surface area contributed by atoms with E-state index in [1.165, 1.54) is 16.2 Å². The van der Waals surface area contributed by atoms with Crippen LogP contribution < -0.4 is 5.69 Å². The summed E-state index contributed by atoms with van der Waals surface area (Å²) in [6.45, 7) is 1.20. The summed E-state index contributed by atoms with van der Waals surface area (Å²) >= 11 is 6.23. The van der Waals surface area contributed by atoms with E-state index in [2.05, 4.69) is 29.2 Å². The molecule has 0 N–H and O–H groups in total. The molecule has 1 aromatic heterocycles. The van der Waals surface area contributed by atoms with Crippen molar-refractivity contribution in [3.05, 3.63) is 99.7 Å². The topological polar surface area (TPSA) is 55.2 Å². The van der Waals surface area contributed by atoms with Crippen molar-refractivity contribution in [2.45, 2.75) is 25.8 Å². The molecule has 1 amide bonds. The Bertz CT molecular complexity index is 1430. The first-order valence-corrected chi connectivity index (χ1v) is 12.1. The second kappa shape index (κ2) is 10.0. The van der Waals surface area contributed by atoms with Gasteiger partial charge in [-0.15, -0.1) is 0 Å². The summed E-state index contributed by atoms with van der Waals surface area (Å²) in [5.41, 5.74) is 1.66. The van der Waals surface area contributed by atoms with Crippen LogP contribution in [0.5, 0.6) is 0 Å². The molecule has 7 heteroatoms. The van der Waals surface area contributed by atoms with Crippen LogP contribution in [0.1, 0.15) is 18.4 Å². The van der Waals surface area contributed by atoms with Gasteiger partial charge in [-0.1, -0.05) is 54.1 Å². The van der Waals surface area contributed by atoms with E-state index < -0.39 is 11.5 Å². The largest absolute Gasteiger partial charge is 0.349 e. The Morgan fingerprint density at radius 1 is 1.00 bits per heavy atom. The molecule has 0 atom stereocenters. The van der Waals surface area contributed by atoms with E-state index in [9.17, 15) is 14.0 Å². The first kappa shape index (κ1) is 23.2. The summed E-state index contributed by atoms with van der Waals surface area (Å²) in [4.78, 5) is 32.2. The molecule has 178 valence electrons. The number of carbonyl (C=O) groups is 1. The first-order chi connectivity index (χ1) is 17.0. The summed E-state index contributed by atoms with van der Waals surface area (Å²) < 4.78 is 15.9. The van der Waals surface area contributed by atoms with Crippen molar-refractivity contribution < 1.29 is 9.18 Å². The van der Waals surface area contributed by atoms with Crippen LogP contribution in [-0.2, 0) is 17.8 Å². The first-order valence-electron chi connectivity index (χ1n) is 11.8. The van der Waals surface area contributed by atoms with Crippen molar-refractivity contribution in [2.75, 3.05) is 13.1 Å². The van der Waals surface area contributed by atoms with Crippen molar-refractivity contribution in [1.29, 1.82) is 0 Å². The highest BCUT2D eigenvalue weighted by Crippen LogP contribution is 2.29. The van der Waals surface area contributed by atoms with Crippen molar-refractivity contribution in [3.63, 3.8) is 0 Å². The number of fused-ring (bicyclic) bond motifs is 1. The summed E-state index contributed by atoms with van der Waals surface area (Å²) in [7, 11) is 0. The Morgan fingerprint density at radius 3 is 2.46 bits per heavy atom. The Morgan fingerprint density at radius 2 is 1.71 bits per heavy atom. The van der Waals surface area contributed by atoms with Gasteiger partial charge in [-0.05, 0) is 61.1 Å². The number of carbonyl (C=O) groups excluding carboxylic acids is 1. The number of hydrogen-bond donors (Lipinski definition) is 0. The predicted octanol–water partition coefficient (Wildman–Crippen LogP) is 5.34. The van der Waals surface area contributed by atoms with Gasteiger partial charge in [0.1, 0.15) is 12.4 Å². The van der Waals surface area contributed by atoms with Gasteiger partial charge in [0.05, 0.1) is 11.2 Å². The molecule has 3 aromatic carbocycles. The molecule has 5 rings (SSSR count). The molecular weight excluding hydrogens is 465 g/mol. The number of likely N-dealkylation sites (tertiary alicyclic amines) is 1. The van der Waals surface area contributed by atoms with E-state index in [1.54, 1.807) is 36.4 Å². The van der Waals surface area contributed by atoms with Gasteiger partial charge < -0.3 is 4.90 Å². The molecule has 2 heterocycles. The third-order valence-electron chi connectivity index (χ3n) is 6.70. The zero-order chi connectivity index (χ0) is 24.4. The molecule has 1 aliphatic rings. The zero-order valence-corrected chi connectivity index (χ0v) is 19.9. The fourth-order valence-corrected chi connectivity index (χ4v) is 5.01. The van der Waals surface area contributed by atoms with Crippen LogP contribution >= 0.6 is 11.6 Å². The van der Waals surface area contributed by atoms with Crippen LogP contribution in [0, 0.1) is 11.7 Å². The van der Waals surface area contributed by atoms with E-state index in [-0.39, 0.29) is 23.7 Å². The normalized spacial score (nSPS) is 14.4. The molecule has 1 aliphatic heterocycles. The number of amides is 1. The predicted molar refractivity (Wildman–Crippen MR) is 136 cm³/mol. The smallest absolute Gasteiger partial charge is 0.341 e. The molecule has 0 aliphatic carbocycles. The van der Waals surface area contributed by atoms with Crippen molar-refractivity contribution in [1.82, 2.24) is 14.5 Å². The third-order valence-corrected chi connectivity index (χ3v) is 6.93. The molecule has 35 heavy (non-hydrogen) atoms. The lowest BCUT2D eigenvalue weighted by Crippen LogP contribution is -2.42. The van der Waals surface area contributed by atoms with E-state index in [0.29, 0.717) is 34.9 Å². The molecule has 0 saturated carbocycles. The monoisotopic (exact) mass is 489 g/mol. The van der Waals surface area contributed by atoms with Crippen molar-refractivity contribution in [2.24, 2.45) is 5.92 Å². The Labute approximate surface area is 207 Å². The summed E-state index contributed by atoms with van der Waals surface area (Å²) in [6.07, 6.45) is 2.86. The van der Waals surface area contributed by atoms with Gasteiger partial charge in [-0.2, -0.15) is 4.98 Å². The Balaban J connectivity index is 1.38. The standard InChI is InChI=1S/C28H25ClFN3O2/c29-21-10-11-25-23(17-21)27(22-8-4-5-9-24(22)30)31-28(35)33(25)18-26(34)32-14-12-20(13-15-32)16-19-6-2-1-3-7-19/h1-11,17,20H,12-16,18H2. The highest BCUT2D eigenvalue weighted by molar-refractivity contribution is 6.31. The van der Waals surface area contributed by atoms with Gasteiger partial charge in [-0.25, -0.2) is 9.18 Å². The SMILES string of the molecule is O=C(Cn1c(=O)nc(-c2ccccc2F)c2cc(Cl)ccc21)N1CCC(Cc2ccccc2)CC1. The van der Waals surface area contributed by atoms with E-state index >= 15 is 0 Å². The van der Waals surface area contributed by atoms with Crippen LogP contribution in [-0.4, -0.2) is 33.4 Å². The number of aromatic nitrogens is 2. The lowest BCUT2D eigenvalue weighted by molar-refractivity contribution is -0.133. The Kier molecular flexibility index (Phi) is 6.64. The number of piperidine rings is 1. The lowest BCUT2D eigenvalue weighted by Gasteiger charge is -2.32. The number of rotatable bonds is 5. The molecule has 1 saturated heterocycles. The van der Waals surface area contributed by atoms with Crippen LogP contribution in [0.4, 0.5) is 4.39 Å². The minimum absolute atomic E-state index is 0.120. The van der Waals surface area contributed by atoms with E-state index in [4.69, 9.17) is 11.6 Å². The maximum Gasteiger partial charge on any atom is 0.349 e. The van der Waals surface area contributed by atoms with Crippen LogP contribution in [0.25, 0.3) is 22.2 Å². The average Bonchev–Trinajstić information content (AvgIpc) is 2.87.